The van der Waals surface area contributed by atoms with Gasteiger partial charge in [0.25, 0.3) is 5.91 Å². The maximum absolute atomic E-state index is 11.9. The van der Waals surface area contributed by atoms with Gasteiger partial charge in [-0.3, -0.25) is 4.79 Å². The normalized spacial score (nSPS) is 29.4. The number of aliphatic imine (C=N–C) groups is 1. The van der Waals surface area contributed by atoms with Crippen LogP contribution in [0.2, 0.25) is 0 Å². The van der Waals surface area contributed by atoms with Gasteiger partial charge in [-0.25, -0.2) is 4.99 Å². The summed E-state index contributed by atoms with van der Waals surface area (Å²) in [5.74, 6) is 0.303. The first-order valence-electron chi connectivity index (χ1n) is 6.18. The molecule has 0 radical (unpaired) electrons. The molecule has 3 heterocycles. The molecule has 16 heavy (non-hydrogen) atoms. The van der Waals surface area contributed by atoms with Gasteiger partial charge in [0.2, 0.25) is 0 Å². The van der Waals surface area contributed by atoms with Gasteiger partial charge in [0, 0.05) is 37.5 Å². The summed E-state index contributed by atoms with van der Waals surface area (Å²) in [4.78, 5) is 18.1. The van der Waals surface area contributed by atoms with Crippen molar-refractivity contribution in [2.75, 3.05) is 19.6 Å². The molecule has 3 rings (SSSR count). The van der Waals surface area contributed by atoms with Crippen molar-refractivity contribution in [3.05, 3.63) is 11.4 Å². The predicted molar refractivity (Wildman–Crippen MR) is 62.1 cm³/mol. The lowest BCUT2D eigenvalue weighted by molar-refractivity contribution is -0.116. The summed E-state index contributed by atoms with van der Waals surface area (Å²) in [5, 5.41) is 3.36. The van der Waals surface area contributed by atoms with E-state index in [0.29, 0.717) is 5.92 Å². The minimum atomic E-state index is -0.0532. The molecule has 1 atom stereocenters. The van der Waals surface area contributed by atoms with Crippen LogP contribution in [-0.4, -0.2) is 36.7 Å². The highest BCUT2D eigenvalue weighted by Crippen LogP contribution is 2.28. The van der Waals surface area contributed by atoms with Gasteiger partial charge in [0.05, 0.1) is 0 Å². The predicted octanol–water partition coefficient (Wildman–Crippen LogP) is 0.904. The van der Waals surface area contributed by atoms with E-state index in [0.717, 1.165) is 37.4 Å². The molecule has 4 heteroatoms. The average Bonchev–Trinajstić information content (AvgIpc) is 2.78. The number of nitrogens with zero attached hydrogens (tertiary/aromatic N) is 2. The van der Waals surface area contributed by atoms with E-state index < -0.39 is 0 Å². The van der Waals surface area contributed by atoms with E-state index >= 15 is 0 Å². The number of carbonyl (C=O) groups excluding carboxylic acids is 1. The molecule has 2 saturated heterocycles. The lowest BCUT2D eigenvalue weighted by atomic mass is 10.0. The van der Waals surface area contributed by atoms with Crippen LogP contribution < -0.4 is 5.32 Å². The summed E-state index contributed by atoms with van der Waals surface area (Å²) in [7, 11) is 0. The summed E-state index contributed by atoms with van der Waals surface area (Å²) in [6.45, 7) is 2.99. The Morgan fingerprint density at radius 1 is 1.31 bits per heavy atom. The second-order valence-electron chi connectivity index (χ2n) is 4.72. The molecule has 3 aliphatic heterocycles. The molecule has 1 unspecified atom stereocenters. The van der Waals surface area contributed by atoms with Gasteiger partial charge in [-0.2, -0.15) is 0 Å². The van der Waals surface area contributed by atoms with Gasteiger partial charge in [-0.1, -0.05) is 0 Å². The van der Waals surface area contributed by atoms with Crippen molar-refractivity contribution in [3.63, 3.8) is 0 Å². The number of fused-ring (bicyclic) bond motifs is 1. The molecule has 0 aromatic carbocycles. The number of piperidine rings is 1. The standard InChI is InChI=1S/C12H17N3O/c16-12-11(15-6-2-1-3-7-15)10-9(8-14-12)4-5-13-10/h8-9,13H,1-7H2. The molecule has 0 saturated carbocycles. The highest BCUT2D eigenvalue weighted by Gasteiger charge is 2.32. The number of rotatable bonds is 1. The third-order valence-corrected chi connectivity index (χ3v) is 3.64. The number of likely N-dealkylation sites (tertiary alicyclic amines) is 1. The molecule has 1 amide bonds. The largest absolute Gasteiger partial charge is 0.386 e. The first-order valence-corrected chi connectivity index (χ1v) is 6.18. The molecule has 3 aliphatic rings. The van der Waals surface area contributed by atoms with Crippen LogP contribution in [0, 0.1) is 5.92 Å². The van der Waals surface area contributed by atoms with Crippen LogP contribution in [0.25, 0.3) is 0 Å². The van der Waals surface area contributed by atoms with Crippen LogP contribution in [0.5, 0.6) is 0 Å². The molecule has 1 N–H and O–H groups in total. The lowest BCUT2D eigenvalue weighted by Gasteiger charge is -2.32. The molecule has 86 valence electrons. The van der Waals surface area contributed by atoms with Crippen LogP contribution >= 0.6 is 0 Å². The van der Waals surface area contributed by atoms with E-state index in [4.69, 9.17) is 0 Å². The maximum Gasteiger partial charge on any atom is 0.294 e. The number of nitrogens with one attached hydrogen (secondary N) is 1. The van der Waals surface area contributed by atoms with Crippen molar-refractivity contribution in [3.8, 4) is 0 Å². The Labute approximate surface area is 95.4 Å². The quantitative estimate of drug-likeness (QED) is 0.713. The summed E-state index contributed by atoms with van der Waals surface area (Å²) in [5.41, 5.74) is 1.98. The minimum absolute atomic E-state index is 0.0532. The molecule has 0 spiro atoms. The SMILES string of the molecule is O=C1N=CC2CCNC2=C1N1CCCCC1. The van der Waals surface area contributed by atoms with Gasteiger partial charge in [-0.15, -0.1) is 0 Å². The third kappa shape index (κ3) is 1.52. The fraction of sp³-hybridized carbons (Fsp3) is 0.667. The Balaban J connectivity index is 1.92. The fourth-order valence-corrected chi connectivity index (χ4v) is 2.80. The zero-order valence-corrected chi connectivity index (χ0v) is 9.41. The second kappa shape index (κ2) is 3.92. The van der Waals surface area contributed by atoms with Gasteiger partial charge in [0.1, 0.15) is 5.70 Å². The zero-order chi connectivity index (χ0) is 11.0. The van der Waals surface area contributed by atoms with Gasteiger partial charge >= 0.3 is 0 Å². The molecule has 0 aliphatic carbocycles. The molecule has 0 aromatic heterocycles. The number of hydrogen-bond acceptors (Lipinski definition) is 3. The monoisotopic (exact) mass is 219 g/mol. The lowest BCUT2D eigenvalue weighted by Crippen LogP contribution is -2.36. The van der Waals surface area contributed by atoms with Crippen molar-refractivity contribution in [1.29, 1.82) is 0 Å². The summed E-state index contributed by atoms with van der Waals surface area (Å²) in [6.07, 6.45) is 6.55. The van der Waals surface area contributed by atoms with E-state index in [-0.39, 0.29) is 5.91 Å². The Hall–Kier alpha value is -1.32. The smallest absolute Gasteiger partial charge is 0.294 e. The van der Waals surface area contributed by atoms with E-state index in [1.807, 2.05) is 6.21 Å². The van der Waals surface area contributed by atoms with E-state index in [1.54, 1.807) is 0 Å². The Bertz CT molecular complexity index is 366. The molecule has 0 aromatic rings. The van der Waals surface area contributed by atoms with E-state index in [9.17, 15) is 4.79 Å². The summed E-state index contributed by atoms with van der Waals surface area (Å²) < 4.78 is 0. The van der Waals surface area contributed by atoms with Crippen LogP contribution in [-0.2, 0) is 4.79 Å². The van der Waals surface area contributed by atoms with E-state index in [1.165, 1.54) is 19.3 Å². The molecular formula is C12H17N3O. The summed E-state index contributed by atoms with van der Waals surface area (Å²) in [6, 6.07) is 0. The van der Waals surface area contributed by atoms with Crippen LogP contribution in [0.1, 0.15) is 25.7 Å². The highest BCUT2D eigenvalue weighted by atomic mass is 16.1. The van der Waals surface area contributed by atoms with Crippen LogP contribution in [0.3, 0.4) is 0 Å². The van der Waals surface area contributed by atoms with Crippen molar-refractivity contribution in [2.45, 2.75) is 25.7 Å². The van der Waals surface area contributed by atoms with Crippen LogP contribution in [0.4, 0.5) is 0 Å². The summed E-state index contributed by atoms with van der Waals surface area (Å²) >= 11 is 0. The van der Waals surface area contributed by atoms with Gasteiger partial charge in [-0.05, 0) is 25.7 Å². The van der Waals surface area contributed by atoms with Crippen molar-refractivity contribution >= 4 is 12.1 Å². The molecule has 4 nitrogen and oxygen atoms in total. The molecule has 2 fully saturated rings. The minimum Gasteiger partial charge on any atom is -0.386 e. The first-order chi connectivity index (χ1) is 7.86. The third-order valence-electron chi connectivity index (χ3n) is 3.64. The number of dihydropyridines is 1. The second-order valence-corrected chi connectivity index (χ2v) is 4.72. The maximum atomic E-state index is 11.9. The van der Waals surface area contributed by atoms with Gasteiger partial charge < -0.3 is 10.2 Å². The highest BCUT2D eigenvalue weighted by molar-refractivity contribution is 6.02. The first kappa shape index (κ1) is 9.87. The number of allylic oxidation sites excluding steroid dienone is 1. The van der Waals surface area contributed by atoms with Crippen molar-refractivity contribution in [2.24, 2.45) is 10.9 Å². The Morgan fingerprint density at radius 3 is 2.94 bits per heavy atom. The average molecular weight is 219 g/mol. The zero-order valence-electron chi connectivity index (χ0n) is 9.41. The Kier molecular flexibility index (Phi) is 2.42. The fourth-order valence-electron chi connectivity index (χ4n) is 2.80. The topological polar surface area (TPSA) is 44.7 Å². The number of hydrogen-bond donors (Lipinski definition) is 1. The Morgan fingerprint density at radius 2 is 2.12 bits per heavy atom. The van der Waals surface area contributed by atoms with Crippen LogP contribution in [0.15, 0.2) is 16.4 Å². The molecular weight excluding hydrogens is 202 g/mol. The van der Waals surface area contributed by atoms with E-state index in [2.05, 4.69) is 15.2 Å². The number of amides is 1. The molecule has 0 bridgehead atoms. The number of carbonyl (C=O) groups is 1. The van der Waals surface area contributed by atoms with Gasteiger partial charge in [0.15, 0.2) is 0 Å². The van der Waals surface area contributed by atoms with Crippen molar-refractivity contribution in [1.82, 2.24) is 10.2 Å². The van der Waals surface area contributed by atoms with Crippen molar-refractivity contribution < 1.29 is 4.79 Å².